The van der Waals surface area contributed by atoms with Crippen LogP contribution in [0.5, 0.6) is 0 Å². The van der Waals surface area contributed by atoms with Crippen LogP contribution in [0.25, 0.3) is 0 Å². The molecule has 0 aromatic heterocycles. The van der Waals surface area contributed by atoms with Crippen molar-refractivity contribution in [3.8, 4) is 0 Å². The highest BCUT2D eigenvalue weighted by molar-refractivity contribution is 5.34. The maximum absolute atomic E-state index is 13.1. The molecule has 2 nitrogen and oxygen atoms in total. The Bertz CT molecular complexity index is 384. The van der Waals surface area contributed by atoms with Gasteiger partial charge in [0.25, 0.3) is 0 Å². The molecule has 0 radical (unpaired) electrons. The largest absolute Gasteiger partial charge is 0.389 e. The van der Waals surface area contributed by atoms with Crippen LogP contribution in [0.1, 0.15) is 37.4 Å². The first-order chi connectivity index (χ1) is 7.46. The quantitative estimate of drug-likeness (QED) is 0.823. The van der Waals surface area contributed by atoms with E-state index in [1.54, 1.807) is 19.9 Å². The average Bonchev–Trinajstić information content (AvgIpc) is 2.56. The lowest BCUT2D eigenvalue weighted by Gasteiger charge is -2.22. The molecule has 0 saturated carbocycles. The Kier molecular flexibility index (Phi) is 3.00. The van der Waals surface area contributed by atoms with Gasteiger partial charge in [0.05, 0.1) is 5.60 Å². The lowest BCUT2D eigenvalue weighted by Crippen LogP contribution is -2.36. The molecule has 2 N–H and O–H groups in total. The standard InChI is InChI=1S/C13H18FNO/c1-13(2,16)8-15-12-6-4-9-3-5-10(14)7-11(9)12/h3,5,7,12,15-16H,4,6,8H2,1-2H3. The molecule has 1 atom stereocenters. The molecular weight excluding hydrogens is 205 g/mol. The molecule has 0 aliphatic heterocycles. The third-order valence-electron chi connectivity index (χ3n) is 2.97. The van der Waals surface area contributed by atoms with Crippen molar-refractivity contribution in [3.05, 3.63) is 35.1 Å². The van der Waals surface area contributed by atoms with Gasteiger partial charge in [-0.25, -0.2) is 4.39 Å². The Morgan fingerprint density at radius 3 is 2.94 bits per heavy atom. The van der Waals surface area contributed by atoms with Gasteiger partial charge >= 0.3 is 0 Å². The normalized spacial score (nSPS) is 19.9. The van der Waals surface area contributed by atoms with Crippen molar-refractivity contribution < 1.29 is 9.50 Å². The molecular formula is C13H18FNO. The minimum atomic E-state index is -0.726. The molecule has 1 aromatic rings. The van der Waals surface area contributed by atoms with Crippen LogP contribution in [0, 0.1) is 5.82 Å². The highest BCUT2D eigenvalue weighted by Gasteiger charge is 2.24. The number of benzene rings is 1. The van der Waals surface area contributed by atoms with Gasteiger partial charge in [0, 0.05) is 12.6 Å². The summed E-state index contributed by atoms with van der Waals surface area (Å²) in [5.74, 6) is -0.185. The Balaban J connectivity index is 2.08. The Hall–Kier alpha value is -0.930. The van der Waals surface area contributed by atoms with Crippen LogP contribution in [-0.4, -0.2) is 17.3 Å². The number of hydrogen-bond donors (Lipinski definition) is 2. The fourth-order valence-electron chi connectivity index (χ4n) is 2.16. The van der Waals surface area contributed by atoms with Crippen LogP contribution >= 0.6 is 0 Å². The number of aliphatic hydroxyl groups is 1. The molecule has 0 bridgehead atoms. The lowest BCUT2D eigenvalue weighted by atomic mass is 10.1. The average molecular weight is 223 g/mol. The first kappa shape index (κ1) is 11.6. The summed E-state index contributed by atoms with van der Waals surface area (Å²) in [5, 5.41) is 12.9. The van der Waals surface area contributed by atoms with E-state index in [1.165, 1.54) is 11.6 Å². The first-order valence-corrected chi connectivity index (χ1v) is 5.70. The third kappa shape index (κ3) is 2.60. The van der Waals surface area contributed by atoms with Crippen LogP contribution in [-0.2, 0) is 6.42 Å². The molecule has 2 rings (SSSR count). The molecule has 0 amide bonds. The second kappa shape index (κ2) is 4.15. The SMILES string of the molecule is CC(C)(O)CNC1CCc2ccc(F)cc21. The van der Waals surface area contributed by atoms with Gasteiger partial charge in [-0.1, -0.05) is 6.07 Å². The highest BCUT2D eigenvalue weighted by atomic mass is 19.1. The molecule has 1 unspecified atom stereocenters. The minimum absolute atomic E-state index is 0.178. The van der Waals surface area contributed by atoms with E-state index in [1.807, 2.05) is 6.07 Å². The van der Waals surface area contributed by atoms with Crippen molar-refractivity contribution in [2.24, 2.45) is 0 Å². The lowest BCUT2D eigenvalue weighted by molar-refractivity contribution is 0.0764. The second-order valence-electron chi connectivity index (χ2n) is 5.13. The Morgan fingerprint density at radius 1 is 1.50 bits per heavy atom. The fraction of sp³-hybridized carbons (Fsp3) is 0.538. The predicted octanol–water partition coefficient (Wildman–Crippen LogP) is 2.17. The maximum Gasteiger partial charge on any atom is 0.123 e. The van der Waals surface area contributed by atoms with E-state index < -0.39 is 5.60 Å². The van der Waals surface area contributed by atoms with Crippen molar-refractivity contribution in [2.75, 3.05) is 6.54 Å². The number of hydrogen-bond acceptors (Lipinski definition) is 2. The molecule has 0 saturated heterocycles. The fourth-order valence-corrected chi connectivity index (χ4v) is 2.16. The molecule has 1 aromatic carbocycles. The predicted molar refractivity (Wildman–Crippen MR) is 61.8 cm³/mol. The van der Waals surface area contributed by atoms with E-state index in [9.17, 15) is 9.50 Å². The topological polar surface area (TPSA) is 32.3 Å². The number of rotatable bonds is 3. The number of fused-ring (bicyclic) bond motifs is 1. The van der Waals surface area contributed by atoms with Gasteiger partial charge in [-0.3, -0.25) is 0 Å². The van der Waals surface area contributed by atoms with Gasteiger partial charge in [-0.15, -0.1) is 0 Å². The molecule has 0 fully saturated rings. The van der Waals surface area contributed by atoms with Crippen LogP contribution in [0.4, 0.5) is 4.39 Å². The van der Waals surface area contributed by atoms with Crippen molar-refractivity contribution in [1.29, 1.82) is 0 Å². The van der Waals surface area contributed by atoms with E-state index in [2.05, 4.69) is 5.32 Å². The third-order valence-corrected chi connectivity index (χ3v) is 2.97. The van der Waals surface area contributed by atoms with E-state index in [-0.39, 0.29) is 11.9 Å². The van der Waals surface area contributed by atoms with Gasteiger partial charge in [0.1, 0.15) is 5.82 Å². The molecule has 1 aliphatic carbocycles. The summed E-state index contributed by atoms with van der Waals surface area (Å²) in [5.41, 5.74) is 1.54. The zero-order valence-corrected chi connectivity index (χ0v) is 9.76. The smallest absolute Gasteiger partial charge is 0.123 e. The van der Waals surface area contributed by atoms with Gasteiger partial charge in [0.15, 0.2) is 0 Å². The summed E-state index contributed by atoms with van der Waals surface area (Å²) in [7, 11) is 0. The van der Waals surface area contributed by atoms with Gasteiger partial charge in [-0.2, -0.15) is 0 Å². The van der Waals surface area contributed by atoms with Crippen molar-refractivity contribution in [1.82, 2.24) is 5.32 Å². The van der Waals surface area contributed by atoms with Gasteiger partial charge < -0.3 is 10.4 Å². The number of aryl methyl sites for hydroxylation is 1. The zero-order valence-electron chi connectivity index (χ0n) is 9.76. The van der Waals surface area contributed by atoms with E-state index in [0.29, 0.717) is 6.54 Å². The van der Waals surface area contributed by atoms with Gasteiger partial charge in [-0.05, 0) is 49.9 Å². The summed E-state index contributed by atoms with van der Waals surface area (Å²) in [6, 6.07) is 5.15. The van der Waals surface area contributed by atoms with Crippen LogP contribution in [0.15, 0.2) is 18.2 Å². The first-order valence-electron chi connectivity index (χ1n) is 5.70. The summed E-state index contributed by atoms with van der Waals surface area (Å²) in [4.78, 5) is 0. The van der Waals surface area contributed by atoms with E-state index in [4.69, 9.17) is 0 Å². The second-order valence-corrected chi connectivity index (χ2v) is 5.13. The monoisotopic (exact) mass is 223 g/mol. The maximum atomic E-state index is 13.1. The Morgan fingerprint density at radius 2 is 2.25 bits per heavy atom. The molecule has 88 valence electrons. The summed E-state index contributed by atoms with van der Waals surface area (Å²) in [6.07, 6.45) is 1.97. The minimum Gasteiger partial charge on any atom is -0.389 e. The summed E-state index contributed by atoms with van der Waals surface area (Å²) in [6.45, 7) is 4.05. The molecule has 0 heterocycles. The summed E-state index contributed by atoms with van der Waals surface area (Å²) >= 11 is 0. The molecule has 0 spiro atoms. The summed E-state index contributed by atoms with van der Waals surface area (Å²) < 4.78 is 13.1. The zero-order chi connectivity index (χ0) is 11.8. The number of nitrogens with one attached hydrogen (secondary N) is 1. The molecule has 3 heteroatoms. The van der Waals surface area contributed by atoms with Crippen LogP contribution < -0.4 is 5.32 Å². The van der Waals surface area contributed by atoms with Crippen molar-refractivity contribution >= 4 is 0 Å². The van der Waals surface area contributed by atoms with E-state index in [0.717, 1.165) is 18.4 Å². The van der Waals surface area contributed by atoms with E-state index >= 15 is 0 Å². The van der Waals surface area contributed by atoms with Crippen molar-refractivity contribution in [2.45, 2.75) is 38.3 Å². The number of halogens is 1. The van der Waals surface area contributed by atoms with Crippen molar-refractivity contribution in [3.63, 3.8) is 0 Å². The van der Waals surface area contributed by atoms with Crippen LogP contribution in [0.2, 0.25) is 0 Å². The molecule has 1 aliphatic rings. The van der Waals surface area contributed by atoms with Gasteiger partial charge in [0.2, 0.25) is 0 Å². The van der Waals surface area contributed by atoms with Crippen LogP contribution in [0.3, 0.4) is 0 Å². The molecule has 16 heavy (non-hydrogen) atoms. The highest BCUT2D eigenvalue weighted by Crippen LogP contribution is 2.31. The Labute approximate surface area is 95.5 Å².